The number of rotatable bonds is 8. The zero-order valence-electron chi connectivity index (χ0n) is 18.4. The fourth-order valence-corrected chi connectivity index (χ4v) is 4.08. The summed E-state index contributed by atoms with van der Waals surface area (Å²) in [7, 11) is 0. The summed E-state index contributed by atoms with van der Waals surface area (Å²) in [5.41, 5.74) is 3.64. The molecule has 2 amide bonds. The summed E-state index contributed by atoms with van der Waals surface area (Å²) in [5.74, 6) is -0.324. The predicted octanol–water partition coefficient (Wildman–Crippen LogP) is 5.14. The first-order valence-corrected chi connectivity index (χ1v) is 11.0. The maximum atomic E-state index is 13.5. The average Bonchev–Trinajstić information content (AvgIpc) is 3.25. The van der Waals surface area contributed by atoms with Crippen molar-refractivity contribution in [3.05, 3.63) is 108 Å². The van der Waals surface area contributed by atoms with Gasteiger partial charge in [-0.05, 0) is 29.7 Å². The third-order valence-corrected chi connectivity index (χ3v) is 5.87. The highest BCUT2D eigenvalue weighted by atomic mass is 16.4. The third-order valence-electron chi connectivity index (χ3n) is 5.87. The van der Waals surface area contributed by atoms with Gasteiger partial charge in [0.2, 0.25) is 5.91 Å². The molecule has 0 spiro atoms. The second-order valence-corrected chi connectivity index (χ2v) is 8.12. The summed E-state index contributed by atoms with van der Waals surface area (Å²) in [6, 6.07) is 25.6. The molecule has 2 atom stereocenters. The second-order valence-electron chi connectivity index (χ2n) is 8.12. The maximum absolute atomic E-state index is 13.5. The third kappa shape index (κ3) is 5.23. The lowest BCUT2D eigenvalue weighted by Crippen LogP contribution is -2.50. The number of para-hydroxylation sites is 1. The highest BCUT2D eigenvalue weighted by Crippen LogP contribution is 2.23. The molecule has 6 heteroatoms. The minimum Gasteiger partial charge on any atom is -0.465 e. The van der Waals surface area contributed by atoms with Gasteiger partial charge in [0, 0.05) is 30.1 Å². The Hall–Kier alpha value is -4.06. The van der Waals surface area contributed by atoms with Gasteiger partial charge in [0.1, 0.15) is 6.04 Å². The van der Waals surface area contributed by atoms with E-state index in [1.54, 1.807) is 0 Å². The van der Waals surface area contributed by atoms with Gasteiger partial charge in [-0.1, -0.05) is 78.9 Å². The molecule has 6 nitrogen and oxygen atoms in total. The van der Waals surface area contributed by atoms with Crippen molar-refractivity contribution >= 4 is 22.9 Å². The molecule has 3 aromatic carbocycles. The molecule has 0 aliphatic heterocycles. The van der Waals surface area contributed by atoms with E-state index in [0.29, 0.717) is 0 Å². The van der Waals surface area contributed by atoms with Crippen LogP contribution in [0.15, 0.2) is 91.1 Å². The standard InChI is InChI=1S/C27H27N3O3/c1-19(21-12-6-3-7-13-21)29-26(31)25(16-22-17-28-24-15-9-8-14-23(22)24)30(27(32)33)18-20-10-4-2-5-11-20/h2-15,17,19,25,28H,16,18H2,1H3,(H,29,31)(H,32,33)/t19-,25+/m0/s1. The van der Waals surface area contributed by atoms with Crippen LogP contribution in [0.25, 0.3) is 10.9 Å². The van der Waals surface area contributed by atoms with E-state index in [1.165, 1.54) is 4.90 Å². The van der Waals surface area contributed by atoms with E-state index in [4.69, 9.17) is 0 Å². The van der Waals surface area contributed by atoms with Crippen molar-refractivity contribution in [2.75, 3.05) is 0 Å². The van der Waals surface area contributed by atoms with Gasteiger partial charge < -0.3 is 15.4 Å². The largest absolute Gasteiger partial charge is 0.465 e. The molecule has 1 aromatic heterocycles. The first kappa shape index (κ1) is 22.1. The Labute approximate surface area is 192 Å². The monoisotopic (exact) mass is 441 g/mol. The summed E-state index contributed by atoms with van der Waals surface area (Å²) in [6.07, 6.45) is 0.983. The van der Waals surface area contributed by atoms with Gasteiger partial charge in [0.15, 0.2) is 0 Å². The number of nitrogens with zero attached hydrogens (tertiary/aromatic N) is 1. The van der Waals surface area contributed by atoms with Crippen LogP contribution in [0.2, 0.25) is 0 Å². The smallest absolute Gasteiger partial charge is 0.408 e. The molecule has 0 aliphatic rings. The van der Waals surface area contributed by atoms with Crippen molar-refractivity contribution < 1.29 is 14.7 Å². The predicted molar refractivity (Wildman–Crippen MR) is 129 cm³/mol. The zero-order valence-corrected chi connectivity index (χ0v) is 18.4. The lowest BCUT2D eigenvalue weighted by Gasteiger charge is -2.30. The Morgan fingerprint density at radius 2 is 1.58 bits per heavy atom. The highest BCUT2D eigenvalue weighted by Gasteiger charge is 2.31. The SMILES string of the molecule is C[C@H](NC(=O)[C@@H](Cc1c[nH]c2ccccc12)N(Cc1ccccc1)C(=O)O)c1ccccc1. The minimum atomic E-state index is -1.13. The molecule has 0 saturated heterocycles. The number of carbonyl (C=O) groups excluding carboxylic acids is 1. The lowest BCUT2D eigenvalue weighted by molar-refractivity contribution is -0.126. The van der Waals surface area contributed by atoms with Gasteiger partial charge in [0.05, 0.1) is 6.04 Å². The number of carboxylic acid groups (broad SMARTS) is 1. The Balaban J connectivity index is 1.65. The molecule has 1 heterocycles. The van der Waals surface area contributed by atoms with Crippen LogP contribution >= 0.6 is 0 Å². The summed E-state index contributed by atoms with van der Waals surface area (Å²) in [5, 5.41) is 14.1. The molecule has 4 aromatic rings. The maximum Gasteiger partial charge on any atom is 0.408 e. The molecule has 0 aliphatic carbocycles. The number of hydrogen-bond acceptors (Lipinski definition) is 2. The molecular formula is C27H27N3O3. The topological polar surface area (TPSA) is 85.4 Å². The molecule has 168 valence electrons. The summed E-state index contributed by atoms with van der Waals surface area (Å²) >= 11 is 0. The second kappa shape index (κ2) is 10.0. The van der Waals surface area contributed by atoms with E-state index in [1.807, 2.05) is 98.0 Å². The zero-order chi connectivity index (χ0) is 23.2. The molecular weight excluding hydrogens is 414 g/mol. The van der Waals surface area contributed by atoms with Crippen LogP contribution in [0.3, 0.4) is 0 Å². The van der Waals surface area contributed by atoms with E-state index in [9.17, 15) is 14.7 Å². The van der Waals surface area contributed by atoms with Crippen LogP contribution in [-0.2, 0) is 17.8 Å². The van der Waals surface area contributed by atoms with Gasteiger partial charge in [-0.2, -0.15) is 0 Å². The van der Waals surface area contributed by atoms with Gasteiger partial charge in [-0.3, -0.25) is 9.69 Å². The molecule has 0 saturated carbocycles. The van der Waals surface area contributed by atoms with Crippen LogP contribution in [0.1, 0.15) is 29.7 Å². The molecule has 4 rings (SSSR count). The first-order chi connectivity index (χ1) is 16.0. The van der Waals surface area contributed by atoms with Gasteiger partial charge in [0.25, 0.3) is 0 Å². The molecule has 0 bridgehead atoms. The van der Waals surface area contributed by atoms with Crippen LogP contribution < -0.4 is 5.32 Å². The average molecular weight is 442 g/mol. The number of aromatic amines is 1. The minimum absolute atomic E-state index is 0.121. The summed E-state index contributed by atoms with van der Waals surface area (Å²) < 4.78 is 0. The van der Waals surface area contributed by atoms with Crippen LogP contribution in [0.4, 0.5) is 4.79 Å². The number of benzene rings is 3. The number of amides is 2. The van der Waals surface area contributed by atoms with Crippen molar-refractivity contribution in [2.24, 2.45) is 0 Å². The Morgan fingerprint density at radius 1 is 0.939 bits per heavy atom. The van der Waals surface area contributed by atoms with Crippen molar-refractivity contribution in [3.8, 4) is 0 Å². The molecule has 0 fully saturated rings. The van der Waals surface area contributed by atoms with Crippen molar-refractivity contribution in [1.82, 2.24) is 15.2 Å². The fourth-order valence-electron chi connectivity index (χ4n) is 4.08. The first-order valence-electron chi connectivity index (χ1n) is 11.0. The molecule has 0 unspecified atom stereocenters. The van der Waals surface area contributed by atoms with Crippen LogP contribution in [0.5, 0.6) is 0 Å². The number of nitrogens with one attached hydrogen (secondary N) is 2. The van der Waals surface area contributed by atoms with Crippen molar-refractivity contribution in [1.29, 1.82) is 0 Å². The number of carbonyl (C=O) groups is 2. The van der Waals surface area contributed by atoms with Crippen molar-refractivity contribution in [3.63, 3.8) is 0 Å². The summed E-state index contributed by atoms with van der Waals surface area (Å²) in [6.45, 7) is 2.02. The number of fused-ring (bicyclic) bond motifs is 1. The Morgan fingerprint density at radius 3 is 2.27 bits per heavy atom. The van der Waals surface area contributed by atoms with E-state index in [-0.39, 0.29) is 24.9 Å². The highest BCUT2D eigenvalue weighted by molar-refractivity contribution is 5.88. The van der Waals surface area contributed by atoms with E-state index < -0.39 is 12.1 Å². The van der Waals surface area contributed by atoms with Gasteiger partial charge in [-0.25, -0.2) is 4.79 Å². The van der Waals surface area contributed by atoms with E-state index in [2.05, 4.69) is 10.3 Å². The van der Waals surface area contributed by atoms with Crippen LogP contribution in [-0.4, -0.2) is 33.0 Å². The lowest BCUT2D eigenvalue weighted by atomic mass is 10.0. The Kier molecular flexibility index (Phi) is 6.74. The number of hydrogen-bond donors (Lipinski definition) is 3. The van der Waals surface area contributed by atoms with E-state index in [0.717, 1.165) is 27.6 Å². The fraction of sp³-hybridized carbons (Fsp3) is 0.185. The molecule has 0 radical (unpaired) electrons. The van der Waals surface area contributed by atoms with E-state index >= 15 is 0 Å². The number of H-pyrrole nitrogens is 1. The van der Waals surface area contributed by atoms with Crippen molar-refractivity contribution in [2.45, 2.75) is 32.0 Å². The Bertz CT molecular complexity index is 1220. The normalized spacial score (nSPS) is 12.8. The van der Waals surface area contributed by atoms with Crippen LogP contribution in [0, 0.1) is 0 Å². The molecule has 33 heavy (non-hydrogen) atoms. The quantitative estimate of drug-likeness (QED) is 0.354. The van der Waals surface area contributed by atoms with Gasteiger partial charge >= 0.3 is 6.09 Å². The van der Waals surface area contributed by atoms with Gasteiger partial charge in [-0.15, -0.1) is 0 Å². The summed E-state index contributed by atoms with van der Waals surface area (Å²) in [4.78, 5) is 30.3. The number of aromatic nitrogens is 1. The molecule has 3 N–H and O–H groups in total.